The Hall–Kier alpha value is -2.57. The number of piperidine rings is 1. The molecular weight excluding hydrogens is 437 g/mol. The second-order valence-electron chi connectivity index (χ2n) is 7.74. The maximum Gasteiger partial charge on any atom is 0.253 e. The summed E-state index contributed by atoms with van der Waals surface area (Å²) in [5.41, 5.74) is 1.98. The van der Waals surface area contributed by atoms with Gasteiger partial charge in [-0.2, -0.15) is 0 Å². The van der Waals surface area contributed by atoms with Gasteiger partial charge in [0.05, 0.1) is 16.0 Å². The predicted molar refractivity (Wildman–Crippen MR) is 122 cm³/mol. The third-order valence-corrected chi connectivity index (χ3v) is 6.21. The van der Waals surface area contributed by atoms with Crippen molar-refractivity contribution in [3.8, 4) is 0 Å². The quantitative estimate of drug-likeness (QED) is 0.713. The van der Waals surface area contributed by atoms with Crippen LogP contribution in [0.2, 0.25) is 10.0 Å². The number of anilines is 1. The van der Waals surface area contributed by atoms with Crippen LogP contribution in [0.25, 0.3) is 0 Å². The normalized spacial score (nSPS) is 16.0. The summed E-state index contributed by atoms with van der Waals surface area (Å²) in [6.45, 7) is 2.82. The summed E-state index contributed by atoms with van der Waals surface area (Å²) < 4.78 is 0. The van der Waals surface area contributed by atoms with Crippen molar-refractivity contribution >= 4 is 46.6 Å². The van der Waals surface area contributed by atoms with Crippen LogP contribution in [0.3, 0.4) is 0 Å². The lowest BCUT2D eigenvalue weighted by Gasteiger charge is -2.32. The molecular formula is C23H25Cl2N3O3. The predicted octanol–water partition coefficient (Wildman–Crippen LogP) is 4.46. The van der Waals surface area contributed by atoms with Crippen LogP contribution in [0.4, 0.5) is 5.69 Å². The van der Waals surface area contributed by atoms with Crippen molar-refractivity contribution in [2.24, 2.45) is 5.92 Å². The van der Waals surface area contributed by atoms with Gasteiger partial charge in [-0.1, -0.05) is 41.4 Å². The molecule has 1 fully saturated rings. The lowest BCUT2D eigenvalue weighted by molar-refractivity contribution is -0.128. The lowest BCUT2D eigenvalue weighted by Crippen LogP contribution is -2.43. The highest BCUT2D eigenvalue weighted by atomic mass is 35.5. The Morgan fingerprint density at radius 3 is 2.58 bits per heavy atom. The maximum absolute atomic E-state index is 13.0. The van der Waals surface area contributed by atoms with E-state index in [1.54, 1.807) is 35.0 Å². The summed E-state index contributed by atoms with van der Waals surface area (Å²) in [5, 5.41) is 3.70. The van der Waals surface area contributed by atoms with E-state index in [1.807, 2.05) is 24.3 Å². The zero-order chi connectivity index (χ0) is 22.5. The molecule has 164 valence electrons. The molecule has 6 nitrogen and oxygen atoms in total. The Morgan fingerprint density at radius 2 is 1.87 bits per heavy atom. The molecule has 1 saturated heterocycles. The van der Waals surface area contributed by atoms with Crippen LogP contribution in [0.5, 0.6) is 0 Å². The first-order chi connectivity index (χ1) is 14.8. The van der Waals surface area contributed by atoms with E-state index in [4.69, 9.17) is 23.2 Å². The van der Waals surface area contributed by atoms with Crippen molar-refractivity contribution in [2.75, 3.05) is 25.5 Å². The first-order valence-corrected chi connectivity index (χ1v) is 10.9. The van der Waals surface area contributed by atoms with Gasteiger partial charge < -0.3 is 15.1 Å². The van der Waals surface area contributed by atoms with Crippen molar-refractivity contribution in [1.82, 2.24) is 9.80 Å². The SMILES string of the molecule is CC(=O)N(C)Cc1ccccc1NC(=O)C1CCCN(C(=O)c2ccc(Cl)c(Cl)c2)C1. The van der Waals surface area contributed by atoms with E-state index in [-0.39, 0.29) is 23.6 Å². The number of benzene rings is 2. The number of amides is 3. The summed E-state index contributed by atoms with van der Waals surface area (Å²) in [5.74, 6) is -0.673. The van der Waals surface area contributed by atoms with Crippen LogP contribution in [0.1, 0.15) is 35.7 Å². The highest BCUT2D eigenvalue weighted by Crippen LogP contribution is 2.26. The number of para-hydroxylation sites is 1. The van der Waals surface area contributed by atoms with Gasteiger partial charge in [0.25, 0.3) is 5.91 Å². The van der Waals surface area contributed by atoms with Gasteiger partial charge in [0.15, 0.2) is 0 Å². The minimum absolute atomic E-state index is 0.0510. The molecule has 1 N–H and O–H groups in total. The number of hydrogen-bond donors (Lipinski definition) is 1. The smallest absolute Gasteiger partial charge is 0.253 e. The number of likely N-dealkylation sites (tertiary alicyclic amines) is 1. The fourth-order valence-electron chi connectivity index (χ4n) is 3.57. The molecule has 2 aromatic carbocycles. The van der Waals surface area contributed by atoms with Crippen LogP contribution in [0, 0.1) is 5.92 Å². The standard InChI is InChI=1S/C23H25Cl2N3O3/c1-15(29)27(2)13-17-6-3-4-8-21(17)26-22(30)18-7-5-11-28(14-18)23(31)16-9-10-19(24)20(25)12-16/h3-4,6,8-10,12,18H,5,7,11,13-14H2,1-2H3,(H,26,30). The molecule has 2 aromatic rings. The van der Waals surface area contributed by atoms with Gasteiger partial charge in [0.1, 0.15) is 0 Å². The molecule has 0 aromatic heterocycles. The van der Waals surface area contributed by atoms with E-state index >= 15 is 0 Å². The number of halogens is 2. The number of carbonyl (C=O) groups excluding carboxylic acids is 3. The molecule has 0 aliphatic carbocycles. The molecule has 1 unspecified atom stereocenters. The summed E-state index contributed by atoms with van der Waals surface area (Å²) in [7, 11) is 1.72. The molecule has 1 atom stereocenters. The second-order valence-corrected chi connectivity index (χ2v) is 8.56. The maximum atomic E-state index is 13.0. The molecule has 1 aliphatic heterocycles. The molecule has 3 rings (SSSR count). The van der Waals surface area contributed by atoms with Crippen molar-refractivity contribution < 1.29 is 14.4 Å². The van der Waals surface area contributed by atoms with E-state index < -0.39 is 0 Å². The topological polar surface area (TPSA) is 69.7 Å². The molecule has 0 saturated carbocycles. The Morgan fingerprint density at radius 1 is 1.13 bits per heavy atom. The molecule has 1 heterocycles. The Labute approximate surface area is 192 Å². The van der Waals surface area contributed by atoms with Crippen LogP contribution >= 0.6 is 23.2 Å². The van der Waals surface area contributed by atoms with Crippen LogP contribution in [0.15, 0.2) is 42.5 Å². The molecule has 1 aliphatic rings. The molecule has 31 heavy (non-hydrogen) atoms. The van der Waals surface area contributed by atoms with Gasteiger partial charge in [0.2, 0.25) is 11.8 Å². The Kier molecular flexibility index (Phi) is 7.57. The number of nitrogens with one attached hydrogen (secondary N) is 1. The molecule has 3 amide bonds. The van der Waals surface area contributed by atoms with Crippen molar-refractivity contribution in [2.45, 2.75) is 26.3 Å². The van der Waals surface area contributed by atoms with Gasteiger partial charge in [-0.15, -0.1) is 0 Å². The lowest BCUT2D eigenvalue weighted by atomic mass is 9.96. The van der Waals surface area contributed by atoms with Crippen LogP contribution in [-0.2, 0) is 16.1 Å². The third-order valence-electron chi connectivity index (χ3n) is 5.47. The van der Waals surface area contributed by atoms with Gasteiger partial charge in [-0.25, -0.2) is 0 Å². The van der Waals surface area contributed by atoms with Gasteiger partial charge >= 0.3 is 0 Å². The minimum atomic E-state index is -0.320. The van der Waals surface area contributed by atoms with Crippen molar-refractivity contribution in [3.63, 3.8) is 0 Å². The highest BCUT2D eigenvalue weighted by molar-refractivity contribution is 6.42. The Balaban J connectivity index is 1.68. The van der Waals surface area contributed by atoms with E-state index in [0.29, 0.717) is 47.4 Å². The van der Waals surface area contributed by atoms with E-state index in [0.717, 1.165) is 12.0 Å². The highest BCUT2D eigenvalue weighted by Gasteiger charge is 2.29. The molecule has 8 heteroatoms. The largest absolute Gasteiger partial charge is 0.342 e. The average molecular weight is 462 g/mol. The number of hydrogen-bond acceptors (Lipinski definition) is 3. The summed E-state index contributed by atoms with van der Waals surface area (Å²) in [6, 6.07) is 12.2. The molecule has 0 bridgehead atoms. The van der Waals surface area contributed by atoms with E-state index in [1.165, 1.54) is 6.92 Å². The summed E-state index contributed by atoms with van der Waals surface area (Å²) in [4.78, 5) is 40.7. The minimum Gasteiger partial charge on any atom is -0.342 e. The molecule has 0 spiro atoms. The summed E-state index contributed by atoms with van der Waals surface area (Å²) in [6.07, 6.45) is 1.44. The number of nitrogens with zero attached hydrogens (tertiary/aromatic N) is 2. The first-order valence-electron chi connectivity index (χ1n) is 10.1. The van der Waals surface area contributed by atoms with Crippen LogP contribution in [-0.4, -0.2) is 47.7 Å². The third kappa shape index (κ3) is 5.77. The van der Waals surface area contributed by atoms with Gasteiger partial charge in [0, 0.05) is 44.9 Å². The van der Waals surface area contributed by atoms with Crippen molar-refractivity contribution in [1.29, 1.82) is 0 Å². The summed E-state index contributed by atoms with van der Waals surface area (Å²) >= 11 is 12.0. The number of carbonyl (C=O) groups is 3. The zero-order valence-corrected chi connectivity index (χ0v) is 19.0. The van der Waals surface area contributed by atoms with Gasteiger partial charge in [-0.3, -0.25) is 14.4 Å². The van der Waals surface area contributed by atoms with Crippen LogP contribution < -0.4 is 5.32 Å². The first kappa shape index (κ1) is 23.1. The molecule has 0 radical (unpaired) electrons. The fraction of sp³-hybridized carbons (Fsp3) is 0.348. The van der Waals surface area contributed by atoms with Crippen molar-refractivity contribution in [3.05, 3.63) is 63.6 Å². The number of rotatable bonds is 5. The van der Waals surface area contributed by atoms with E-state index in [9.17, 15) is 14.4 Å². The van der Waals surface area contributed by atoms with Gasteiger partial charge in [-0.05, 0) is 42.7 Å². The zero-order valence-electron chi connectivity index (χ0n) is 17.5. The monoisotopic (exact) mass is 461 g/mol. The average Bonchev–Trinajstić information content (AvgIpc) is 2.76. The second kappa shape index (κ2) is 10.2. The fourth-order valence-corrected chi connectivity index (χ4v) is 3.87. The Bertz CT molecular complexity index is 996. The van der Waals surface area contributed by atoms with E-state index in [2.05, 4.69) is 5.32 Å².